The predicted octanol–water partition coefficient (Wildman–Crippen LogP) is 11.8. The van der Waals surface area contributed by atoms with E-state index in [-0.39, 0.29) is 5.41 Å². The van der Waals surface area contributed by atoms with Crippen molar-refractivity contribution in [1.82, 2.24) is 5.32 Å². The van der Waals surface area contributed by atoms with Gasteiger partial charge in [0.1, 0.15) is 0 Å². The molecule has 0 saturated heterocycles. The van der Waals surface area contributed by atoms with Gasteiger partial charge in [-0.2, -0.15) is 0 Å². The summed E-state index contributed by atoms with van der Waals surface area (Å²) in [6.45, 7) is 15.0. The fourth-order valence-electron chi connectivity index (χ4n) is 6.03. The fraction of sp³-hybridized carbons (Fsp3) is 0.190. The standard InChI is InChI=1S/C40H39NS.C2H6/c1-5-38-36(35-21-13-14-22-39(35)42-38)29-30(2)32-23-24-33-18-10-6-9-17-31(3)40(37(33)26-25-32,27-15-8-16-28-41-4)34-19-11-7-12-20-34;1-2/h5-17,19-25,28-29,41H,1,3,18,26-27H2,2,4H3;1-2H3/b10-6-,15-8-,17-9-,28-16-,30-29+;. The summed E-state index contributed by atoms with van der Waals surface area (Å²) in [6, 6.07) is 19.5. The number of nitrogens with one attached hydrogen (secondary N) is 1. The number of hydrogen-bond acceptors (Lipinski definition) is 2. The number of thiophene rings is 1. The highest BCUT2D eigenvalue weighted by atomic mass is 32.1. The molecule has 0 radical (unpaired) electrons. The Balaban J connectivity index is 0.00000216. The van der Waals surface area contributed by atoms with E-state index < -0.39 is 0 Å². The second-order valence-corrected chi connectivity index (χ2v) is 11.8. The number of rotatable bonds is 8. The fourth-order valence-corrected chi connectivity index (χ4v) is 7.06. The summed E-state index contributed by atoms with van der Waals surface area (Å²) in [4.78, 5) is 1.21. The monoisotopic (exact) mass is 595 g/mol. The molecule has 0 bridgehead atoms. The van der Waals surface area contributed by atoms with Gasteiger partial charge in [-0.15, -0.1) is 11.3 Å². The number of fused-ring (bicyclic) bond motifs is 1. The molecule has 0 saturated carbocycles. The Morgan fingerprint density at radius 2 is 1.73 bits per heavy atom. The number of benzene rings is 2. The maximum atomic E-state index is 4.69. The minimum absolute atomic E-state index is 0.365. The molecule has 5 rings (SSSR count). The molecule has 3 aromatic rings. The molecule has 0 aliphatic heterocycles. The van der Waals surface area contributed by atoms with Crippen LogP contribution in [0.1, 0.15) is 56.0 Å². The highest BCUT2D eigenvalue weighted by Gasteiger charge is 2.38. The van der Waals surface area contributed by atoms with E-state index in [0.717, 1.165) is 24.8 Å². The average molecular weight is 596 g/mol. The first-order chi connectivity index (χ1) is 21.6. The van der Waals surface area contributed by atoms with Crippen molar-refractivity contribution in [1.29, 1.82) is 0 Å². The van der Waals surface area contributed by atoms with Crippen molar-refractivity contribution >= 4 is 33.6 Å². The Kier molecular flexibility index (Phi) is 11.7. The minimum Gasteiger partial charge on any atom is -0.394 e. The largest absolute Gasteiger partial charge is 0.394 e. The summed E-state index contributed by atoms with van der Waals surface area (Å²) in [5.41, 5.74) is 8.53. The summed E-state index contributed by atoms with van der Waals surface area (Å²) >= 11 is 1.80. The normalized spacial score (nSPS) is 20.2. The van der Waals surface area contributed by atoms with E-state index in [1.54, 1.807) is 11.3 Å². The van der Waals surface area contributed by atoms with Crippen molar-refractivity contribution in [3.05, 3.63) is 179 Å². The van der Waals surface area contributed by atoms with Gasteiger partial charge in [0.2, 0.25) is 0 Å². The molecule has 2 aliphatic carbocycles. The first-order valence-corrected chi connectivity index (χ1v) is 16.4. The van der Waals surface area contributed by atoms with E-state index in [2.05, 4.69) is 134 Å². The van der Waals surface area contributed by atoms with Crippen LogP contribution < -0.4 is 5.32 Å². The van der Waals surface area contributed by atoms with E-state index in [1.165, 1.54) is 48.4 Å². The van der Waals surface area contributed by atoms with E-state index in [9.17, 15) is 0 Å². The van der Waals surface area contributed by atoms with Crippen molar-refractivity contribution in [3.63, 3.8) is 0 Å². The molecule has 2 heteroatoms. The SMILES string of the molecule is C=Cc1sc2ccccc2c1/C=C(\C)C1=CCC2=C(C=C1)C/C=C\C=C/C(=C)C2(C/C=C\C=C/NC)c1ccccc1.CC. The van der Waals surface area contributed by atoms with Crippen LogP contribution in [0.15, 0.2) is 163 Å². The first kappa shape index (κ1) is 32.5. The number of hydrogen-bond donors (Lipinski definition) is 1. The zero-order valence-electron chi connectivity index (χ0n) is 26.6. The Morgan fingerprint density at radius 3 is 2.50 bits per heavy atom. The third kappa shape index (κ3) is 7.04. The molecule has 0 amide bonds. The lowest BCUT2D eigenvalue weighted by atomic mass is 9.64. The van der Waals surface area contributed by atoms with Gasteiger partial charge in [0.05, 0.1) is 0 Å². The summed E-state index contributed by atoms with van der Waals surface area (Å²) in [7, 11) is 1.92. The second kappa shape index (κ2) is 15.9. The molecule has 0 fully saturated rings. The van der Waals surface area contributed by atoms with Gasteiger partial charge in [0.15, 0.2) is 0 Å². The van der Waals surface area contributed by atoms with Crippen LogP contribution in [-0.4, -0.2) is 7.05 Å². The highest BCUT2D eigenvalue weighted by Crippen LogP contribution is 2.48. The summed E-state index contributed by atoms with van der Waals surface area (Å²) in [5.74, 6) is 0. The van der Waals surface area contributed by atoms with Crippen molar-refractivity contribution in [2.45, 2.75) is 45.4 Å². The zero-order valence-corrected chi connectivity index (χ0v) is 27.5. The van der Waals surface area contributed by atoms with Crippen LogP contribution in [0.3, 0.4) is 0 Å². The predicted molar refractivity (Wildman–Crippen MR) is 198 cm³/mol. The maximum Gasteiger partial charge on any atom is 0.0448 e. The molecule has 0 spiro atoms. The van der Waals surface area contributed by atoms with Crippen LogP contribution in [0.5, 0.6) is 0 Å². The number of allylic oxidation sites excluding steroid dienone is 15. The van der Waals surface area contributed by atoms with Crippen LogP contribution in [0.2, 0.25) is 0 Å². The zero-order chi connectivity index (χ0) is 31.4. The average Bonchev–Trinajstić information content (AvgIpc) is 3.30. The molecule has 1 aromatic heterocycles. The van der Waals surface area contributed by atoms with E-state index >= 15 is 0 Å². The van der Waals surface area contributed by atoms with Crippen LogP contribution in [0.25, 0.3) is 22.2 Å². The molecule has 1 atom stereocenters. The molecule has 1 nitrogen and oxygen atoms in total. The second-order valence-electron chi connectivity index (χ2n) is 10.7. The summed E-state index contributed by atoms with van der Waals surface area (Å²) in [6.07, 6.45) is 31.1. The molecule has 2 aromatic carbocycles. The topological polar surface area (TPSA) is 12.0 Å². The molecular weight excluding hydrogens is 551 g/mol. The lowest BCUT2D eigenvalue weighted by Crippen LogP contribution is -2.31. The Hall–Kier alpha value is -4.40. The molecule has 1 heterocycles. The lowest BCUT2D eigenvalue weighted by molar-refractivity contribution is 0.593. The molecular formula is C42H45NS. The molecule has 44 heavy (non-hydrogen) atoms. The molecule has 1 N–H and O–H groups in total. The highest BCUT2D eigenvalue weighted by molar-refractivity contribution is 7.20. The molecule has 1 unspecified atom stereocenters. The van der Waals surface area contributed by atoms with Crippen LogP contribution >= 0.6 is 11.3 Å². The van der Waals surface area contributed by atoms with Crippen molar-refractivity contribution in [2.24, 2.45) is 0 Å². The van der Waals surface area contributed by atoms with Crippen molar-refractivity contribution in [2.75, 3.05) is 7.05 Å². The van der Waals surface area contributed by atoms with Gasteiger partial charge in [-0.1, -0.05) is 136 Å². The van der Waals surface area contributed by atoms with Crippen LogP contribution in [0.4, 0.5) is 0 Å². The lowest BCUT2D eigenvalue weighted by Gasteiger charge is -2.38. The summed E-state index contributed by atoms with van der Waals surface area (Å²) < 4.78 is 1.29. The van der Waals surface area contributed by atoms with E-state index in [4.69, 9.17) is 6.58 Å². The van der Waals surface area contributed by atoms with Crippen molar-refractivity contribution in [3.8, 4) is 0 Å². The smallest absolute Gasteiger partial charge is 0.0448 e. The van der Waals surface area contributed by atoms with Gasteiger partial charge in [0, 0.05) is 33.0 Å². The van der Waals surface area contributed by atoms with Gasteiger partial charge < -0.3 is 5.32 Å². The third-order valence-electron chi connectivity index (χ3n) is 8.19. The van der Waals surface area contributed by atoms with E-state index in [0.29, 0.717) is 0 Å². The van der Waals surface area contributed by atoms with Gasteiger partial charge >= 0.3 is 0 Å². The first-order valence-electron chi connectivity index (χ1n) is 15.6. The van der Waals surface area contributed by atoms with Gasteiger partial charge in [-0.3, -0.25) is 0 Å². The van der Waals surface area contributed by atoms with Gasteiger partial charge in [-0.25, -0.2) is 0 Å². The Bertz CT molecular complexity index is 1710. The van der Waals surface area contributed by atoms with Gasteiger partial charge in [0.25, 0.3) is 0 Å². The quantitative estimate of drug-likeness (QED) is 0.255. The molecule has 2 aliphatic rings. The molecule has 224 valence electrons. The van der Waals surface area contributed by atoms with Crippen LogP contribution in [0, 0.1) is 0 Å². The van der Waals surface area contributed by atoms with E-state index in [1.807, 2.05) is 39.2 Å². The van der Waals surface area contributed by atoms with Gasteiger partial charge in [-0.05, 0) is 84.0 Å². The minimum atomic E-state index is -0.365. The maximum absolute atomic E-state index is 4.69. The van der Waals surface area contributed by atoms with Crippen molar-refractivity contribution < 1.29 is 0 Å². The van der Waals surface area contributed by atoms with Crippen LogP contribution in [-0.2, 0) is 5.41 Å². The third-order valence-corrected chi connectivity index (χ3v) is 9.37. The Morgan fingerprint density at radius 1 is 0.955 bits per heavy atom. The summed E-state index contributed by atoms with van der Waals surface area (Å²) in [5, 5.41) is 4.36. The Labute approximate surface area is 269 Å².